The molecule has 0 radical (unpaired) electrons. The number of nitrogens with zero attached hydrogens (tertiary/aromatic N) is 2. The fourth-order valence-electron chi connectivity index (χ4n) is 2.90. The Hall–Kier alpha value is -2.97. The molecule has 0 amide bonds. The average molecular weight is 398 g/mol. The number of rotatable bonds is 7. The van der Waals surface area contributed by atoms with E-state index in [-0.39, 0.29) is 12.4 Å². The van der Waals surface area contributed by atoms with E-state index in [9.17, 15) is 8.42 Å². The largest absolute Gasteiger partial charge is 0.493 e. The van der Waals surface area contributed by atoms with Crippen molar-refractivity contribution < 1.29 is 21.8 Å². The van der Waals surface area contributed by atoms with Crippen LogP contribution in [0.15, 0.2) is 59.1 Å². The van der Waals surface area contributed by atoms with E-state index >= 15 is 0 Å². The first-order valence-corrected chi connectivity index (χ1v) is 10.3. The molecule has 144 valence electrons. The molecule has 2 heterocycles. The van der Waals surface area contributed by atoms with Crippen LogP contribution in [-0.2, 0) is 14.3 Å². The second-order valence-corrected chi connectivity index (χ2v) is 8.01. The second kappa shape index (κ2) is 7.57. The maximum atomic E-state index is 11.3. The summed E-state index contributed by atoms with van der Waals surface area (Å²) in [5.41, 5.74) is 3.05. The molecule has 0 saturated carbocycles. The molecule has 2 aromatic heterocycles. The van der Waals surface area contributed by atoms with Gasteiger partial charge in [0.25, 0.3) is 10.1 Å². The Labute approximate surface area is 162 Å². The number of hydrogen-bond donors (Lipinski definition) is 0. The van der Waals surface area contributed by atoms with Gasteiger partial charge in [0.15, 0.2) is 5.58 Å². The Kier molecular flexibility index (Phi) is 4.97. The van der Waals surface area contributed by atoms with Crippen LogP contribution in [0.4, 0.5) is 0 Å². The molecule has 0 aliphatic heterocycles. The molecule has 0 saturated heterocycles. The lowest BCUT2D eigenvalue weighted by Crippen LogP contribution is -2.11. The number of hydrogen-bond acceptors (Lipinski definition) is 7. The van der Waals surface area contributed by atoms with Gasteiger partial charge in [-0.25, -0.2) is 4.98 Å². The maximum absolute atomic E-state index is 11.3. The van der Waals surface area contributed by atoms with Gasteiger partial charge in [-0.05, 0) is 30.7 Å². The monoisotopic (exact) mass is 398 g/mol. The molecule has 0 bridgehead atoms. The molecular formula is C20H18N2O5S. The van der Waals surface area contributed by atoms with Crippen molar-refractivity contribution in [3.05, 3.63) is 54.7 Å². The van der Waals surface area contributed by atoms with E-state index in [1.54, 1.807) is 18.3 Å². The standard InChI is InChI=1S/C20H18N2O5S/c1-25-28(23,24)12-4-11-26-14-7-8-18-19(13-14)27-20(22-18)16-9-10-21-17-6-3-2-5-15(16)17/h2-3,5-10,13H,4,11-12H2,1H3. The summed E-state index contributed by atoms with van der Waals surface area (Å²) in [7, 11) is -2.32. The summed E-state index contributed by atoms with van der Waals surface area (Å²) in [4.78, 5) is 8.93. The van der Waals surface area contributed by atoms with Crippen LogP contribution in [0.25, 0.3) is 33.5 Å². The van der Waals surface area contributed by atoms with Gasteiger partial charge in [-0.3, -0.25) is 9.17 Å². The van der Waals surface area contributed by atoms with E-state index in [0.717, 1.165) is 23.6 Å². The van der Waals surface area contributed by atoms with Gasteiger partial charge in [0.2, 0.25) is 5.89 Å². The van der Waals surface area contributed by atoms with Crippen molar-refractivity contribution in [3.8, 4) is 17.2 Å². The highest BCUT2D eigenvalue weighted by molar-refractivity contribution is 7.86. The first-order chi connectivity index (χ1) is 13.6. The fourth-order valence-corrected chi connectivity index (χ4v) is 3.54. The third-order valence-electron chi connectivity index (χ3n) is 4.30. The van der Waals surface area contributed by atoms with Crippen molar-refractivity contribution in [1.29, 1.82) is 0 Å². The highest BCUT2D eigenvalue weighted by atomic mass is 32.2. The second-order valence-electron chi connectivity index (χ2n) is 6.15. The van der Waals surface area contributed by atoms with Crippen LogP contribution >= 0.6 is 0 Å². The SMILES string of the molecule is COS(=O)(=O)CCCOc1ccc2nc(-c3ccnc4ccccc34)oc2c1. The molecule has 0 atom stereocenters. The highest BCUT2D eigenvalue weighted by Gasteiger charge is 2.13. The van der Waals surface area contributed by atoms with Gasteiger partial charge in [-0.2, -0.15) is 8.42 Å². The van der Waals surface area contributed by atoms with Gasteiger partial charge >= 0.3 is 0 Å². The first-order valence-electron chi connectivity index (χ1n) is 8.71. The molecule has 0 fully saturated rings. The fraction of sp³-hybridized carbons (Fsp3) is 0.200. The minimum atomic E-state index is -3.47. The zero-order valence-electron chi connectivity index (χ0n) is 15.2. The lowest BCUT2D eigenvalue weighted by atomic mass is 10.1. The van der Waals surface area contributed by atoms with Crippen LogP contribution in [0.3, 0.4) is 0 Å². The predicted molar refractivity (Wildman–Crippen MR) is 106 cm³/mol. The summed E-state index contributed by atoms with van der Waals surface area (Å²) in [5, 5.41) is 0.965. The Morgan fingerprint density at radius 2 is 1.93 bits per heavy atom. The molecule has 0 unspecified atom stereocenters. The number of aromatic nitrogens is 2. The topological polar surface area (TPSA) is 91.5 Å². The van der Waals surface area contributed by atoms with E-state index in [4.69, 9.17) is 9.15 Å². The number of ether oxygens (including phenoxy) is 1. The zero-order valence-corrected chi connectivity index (χ0v) is 16.0. The maximum Gasteiger partial charge on any atom is 0.267 e. The minimum absolute atomic E-state index is 0.0900. The van der Waals surface area contributed by atoms with Crippen LogP contribution in [-0.4, -0.2) is 37.9 Å². The number of oxazole rings is 1. The third-order valence-corrected chi connectivity index (χ3v) is 5.60. The highest BCUT2D eigenvalue weighted by Crippen LogP contribution is 2.31. The third kappa shape index (κ3) is 3.83. The molecule has 7 nitrogen and oxygen atoms in total. The van der Waals surface area contributed by atoms with Gasteiger partial charge in [0, 0.05) is 23.2 Å². The summed E-state index contributed by atoms with van der Waals surface area (Å²) in [6.45, 7) is 0.254. The van der Waals surface area contributed by atoms with Gasteiger partial charge in [-0.1, -0.05) is 18.2 Å². The Bertz CT molecular complexity index is 1230. The number of fused-ring (bicyclic) bond motifs is 2. The molecule has 8 heteroatoms. The zero-order chi connectivity index (χ0) is 19.6. The average Bonchev–Trinajstić information content (AvgIpc) is 3.14. The molecule has 28 heavy (non-hydrogen) atoms. The number of para-hydroxylation sites is 1. The normalized spacial score (nSPS) is 11.9. The van der Waals surface area contributed by atoms with Crippen molar-refractivity contribution >= 4 is 32.1 Å². The van der Waals surface area contributed by atoms with E-state index in [2.05, 4.69) is 14.2 Å². The van der Waals surface area contributed by atoms with Crippen molar-refractivity contribution in [2.45, 2.75) is 6.42 Å². The Balaban J connectivity index is 1.55. The Morgan fingerprint density at radius 3 is 2.79 bits per heavy atom. The summed E-state index contributed by atoms with van der Waals surface area (Å²) in [6, 6.07) is 15.0. The summed E-state index contributed by atoms with van der Waals surface area (Å²) in [5.74, 6) is 1.01. The molecular weight excluding hydrogens is 380 g/mol. The van der Waals surface area contributed by atoms with Gasteiger partial charge in [-0.15, -0.1) is 0 Å². The first kappa shape index (κ1) is 18.4. The lowest BCUT2D eigenvalue weighted by Gasteiger charge is -2.05. The molecule has 0 N–H and O–H groups in total. The van der Waals surface area contributed by atoms with Crippen LogP contribution < -0.4 is 4.74 Å². The number of pyridine rings is 1. The van der Waals surface area contributed by atoms with Gasteiger partial charge in [0.1, 0.15) is 11.3 Å². The smallest absolute Gasteiger partial charge is 0.267 e. The predicted octanol–water partition coefficient (Wildman–Crippen LogP) is 3.79. The summed E-state index contributed by atoms with van der Waals surface area (Å²) < 4.78 is 38.6. The van der Waals surface area contributed by atoms with Gasteiger partial charge in [0.05, 0.1) is 25.0 Å². The van der Waals surface area contributed by atoms with Crippen molar-refractivity contribution in [3.63, 3.8) is 0 Å². The van der Waals surface area contributed by atoms with Crippen molar-refractivity contribution in [1.82, 2.24) is 9.97 Å². The quantitative estimate of drug-likeness (QED) is 0.345. The van der Waals surface area contributed by atoms with E-state index in [0.29, 0.717) is 29.2 Å². The molecule has 2 aromatic carbocycles. The van der Waals surface area contributed by atoms with Crippen LogP contribution in [0.5, 0.6) is 5.75 Å². The number of benzene rings is 2. The molecule has 4 rings (SSSR count). The van der Waals surface area contributed by atoms with Crippen molar-refractivity contribution in [2.24, 2.45) is 0 Å². The lowest BCUT2D eigenvalue weighted by molar-refractivity contribution is 0.314. The van der Waals surface area contributed by atoms with Crippen LogP contribution in [0.1, 0.15) is 6.42 Å². The van der Waals surface area contributed by atoms with E-state index in [1.807, 2.05) is 36.4 Å². The summed E-state index contributed by atoms with van der Waals surface area (Å²) >= 11 is 0. The summed E-state index contributed by atoms with van der Waals surface area (Å²) in [6.07, 6.45) is 2.06. The molecule has 4 aromatic rings. The van der Waals surface area contributed by atoms with Crippen molar-refractivity contribution in [2.75, 3.05) is 19.5 Å². The molecule has 0 spiro atoms. The van der Waals surface area contributed by atoms with Crippen LogP contribution in [0, 0.1) is 0 Å². The van der Waals surface area contributed by atoms with Gasteiger partial charge < -0.3 is 9.15 Å². The van der Waals surface area contributed by atoms with Crippen LogP contribution in [0.2, 0.25) is 0 Å². The minimum Gasteiger partial charge on any atom is -0.493 e. The van der Waals surface area contributed by atoms with E-state index in [1.165, 1.54) is 0 Å². The molecule has 0 aliphatic carbocycles. The Morgan fingerprint density at radius 1 is 1.07 bits per heavy atom. The van der Waals surface area contributed by atoms with E-state index < -0.39 is 10.1 Å². The molecule has 0 aliphatic rings.